The van der Waals surface area contributed by atoms with Crippen molar-refractivity contribution in [2.24, 2.45) is 15.7 Å². The second-order valence-corrected chi connectivity index (χ2v) is 5.81. The summed E-state index contributed by atoms with van der Waals surface area (Å²) in [6, 6.07) is 23.0. The van der Waals surface area contributed by atoms with Gasteiger partial charge in [-0.1, -0.05) is 67.2 Å². The molecule has 0 aromatic heterocycles. The molecule has 3 rings (SSSR count). The summed E-state index contributed by atoms with van der Waals surface area (Å²) in [4.78, 5) is 8.97. The highest BCUT2D eigenvalue weighted by Crippen LogP contribution is 2.29. The van der Waals surface area contributed by atoms with Crippen molar-refractivity contribution in [3.8, 4) is 11.5 Å². The first-order valence-corrected chi connectivity index (χ1v) is 8.29. The molecular formula is C22H19N3O2. The van der Waals surface area contributed by atoms with Crippen molar-refractivity contribution in [1.82, 2.24) is 0 Å². The Bertz CT molecular complexity index is 1010. The van der Waals surface area contributed by atoms with E-state index in [0.717, 1.165) is 11.1 Å². The predicted octanol–water partition coefficient (Wildman–Crippen LogP) is 3.92. The lowest BCUT2D eigenvalue weighted by Gasteiger charge is -2.08. The highest BCUT2D eigenvalue weighted by molar-refractivity contribution is 6.12. The van der Waals surface area contributed by atoms with E-state index in [1.165, 1.54) is 12.1 Å². The zero-order valence-electron chi connectivity index (χ0n) is 14.6. The van der Waals surface area contributed by atoms with Crippen LogP contribution >= 0.6 is 0 Å². The molecule has 134 valence electrons. The number of rotatable bonds is 4. The average Bonchev–Trinajstić information content (AvgIpc) is 2.68. The summed E-state index contributed by atoms with van der Waals surface area (Å²) >= 11 is 0. The van der Waals surface area contributed by atoms with Crippen LogP contribution in [0.1, 0.15) is 16.7 Å². The molecule has 0 atom stereocenters. The van der Waals surface area contributed by atoms with Crippen molar-refractivity contribution in [3.05, 3.63) is 102 Å². The molecule has 0 aliphatic heterocycles. The molecule has 3 aromatic rings. The van der Waals surface area contributed by atoms with Crippen LogP contribution in [0, 0.1) is 0 Å². The molecule has 0 spiro atoms. The molecule has 0 aliphatic rings. The average molecular weight is 357 g/mol. The van der Waals surface area contributed by atoms with E-state index in [9.17, 15) is 10.2 Å². The number of amidine groups is 2. The van der Waals surface area contributed by atoms with Crippen molar-refractivity contribution in [3.63, 3.8) is 0 Å². The molecule has 0 heterocycles. The lowest BCUT2D eigenvalue weighted by molar-refractivity contribution is 0.449. The number of nitrogens with zero attached hydrogens (tertiary/aromatic N) is 2. The van der Waals surface area contributed by atoms with Gasteiger partial charge in [0, 0.05) is 22.8 Å². The molecular weight excluding hydrogens is 338 g/mol. The number of aromatic hydroxyl groups is 2. The van der Waals surface area contributed by atoms with Crippen LogP contribution in [0.3, 0.4) is 0 Å². The third-order valence-electron chi connectivity index (χ3n) is 3.86. The fourth-order valence-corrected chi connectivity index (χ4v) is 2.48. The number of hydrogen-bond donors (Lipinski definition) is 3. The number of aliphatic imine (C=N–C) groups is 2. The number of nitrogens with two attached hydrogens (primary N) is 1. The van der Waals surface area contributed by atoms with E-state index < -0.39 is 0 Å². The molecule has 0 radical (unpaired) electrons. The SMILES string of the molecule is C=C(N=C(N=C(N)c1ccccc1)c1ccccc1)c1ccc(O)cc1O. The Kier molecular flexibility index (Phi) is 5.33. The van der Waals surface area contributed by atoms with E-state index in [-0.39, 0.29) is 11.5 Å². The van der Waals surface area contributed by atoms with Crippen molar-refractivity contribution >= 4 is 17.4 Å². The van der Waals surface area contributed by atoms with Gasteiger partial charge >= 0.3 is 0 Å². The molecule has 3 aromatic carbocycles. The number of hydrogen-bond acceptors (Lipinski definition) is 3. The Hall–Kier alpha value is -3.86. The summed E-state index contributed by atoms with van der Waals surface area (Å²) < 4.78 is 0. The number of phenols is 2. The maximum absolute atomic E-state index is 10.1. The van der Waals surface area contributed by atoms with Crippen molar-refractivity contribution in [1.29, 1.82) is 0 Å². The fourth-order valence-electron chi connectivity index (χ4n) is 2.48. The Labute approximate surface area is 157 Å². The Morgan fingerprint density at radius 3 is 1.96 bits per heavy atom. The summed E-state index contributed by atoms with van der Waals surface area (Å²) in [6.07, 6.45) is 0. The molecule has 4 N–H and O–H groups in total. The predicted molar refractivity (Wildman–Crippen MR) is 109 cm³/mol. The Balaban J connectivity index is 2.05. The minimum absolute atomic E-state index is 0.0392. The largest absolute Gasteiger partial charge is 0.508 e. The normalized spacial score (nSPS) is 12.0. The van der Waals surface area contributed by atoms with E-state index >= 15 is 0 Å². The molecule has 0 saturated heterocycles. The first-order valence-electron chi connectivity index (χ1n) is 8.29. The number of phenolic OH excluding ortho intramolecular Hbond substituents is 2. The van der Waals surface area contributed by atoms with Gasteiger partial charge in [-0.3, -0.25) is 0 Å². The van der Waals surface area contributed by atoms with E-state index in [1.54, 1.807) is 6.07 Å². The summed E-state index contributed by atoms with van der Waals surface area (Å²) in [5, 5.41) is 19.5. The van der Waals surface area contributed by atoms with Gasteiger partial charge in [0.15, 0.2) is 5.84 Å². The lowest BCUT2D eigenvalue weighted by atomic mass is 10.1. The molecule has 0 bridgehead atoms. The first kappa shape index (κ1) is 17.9. The fraction of sp³-hybridized carbons (Fsp3) is 0. The van der Waals surface area contributed by atoms with Gasteiger partial charge in [-0.25, -0.2) is 9.98 Å². The molecule has 5 nitrogen and oxygen atoms in total. The van der Waals surface area contributed by atoms with E-state index in [0.29, 0.717) is 22.9 Å². The zero-order valence-corrected chi connectivity index (χ0v) is 14.6. The Morgan fingerprint density at radius 2 is 1.37 bits per heavy atom. The zero-order chi connectivity index (χ0) is 19.2. The van der Waals surface area contributed by atoms with Crippen LogP contribution in [0.5, 0.6) is 11.5 Å². The topological polar surface area (TPSA) is 91.2 Å². The van der Waals surface area contributed by atoms with Crippen LogP contribution in [0.2, 0.25) is 0 Å². The minimum Gasteiger partial charge on any atom is -0.508 e. The monoisotopic (exact) mass is 357 g/mol. The van der Waals surface area contributed by atoms with Crippen LogP contribution in [-0.2, 0) is 0 Å². The smallest absolute Gasteiger partial charge is 0.162 e. The van der Waals surface area contributed by atoms with Gasteiger partial charge in [0.1, 0.15) is 17.3 Å². The molecule has 0 amide bonds. The molecule has 5 heteroatoms. The van der Waals surface area contributed by atoms with E-state index in [4.69, 9.17) is 5.73 Å². The maximum atomic E-state index is 10.1. The van der Waals surface area contributed by atoms with Crippen LogP contribution in [0.15, 0.2) is 95.4 Å². The van der Waals surface area contributed by atoms with Crippen LogP contribution in [0.25, 0.3) is 5.70 Å². The van der Waals surface area contributed by atoms with Gasteiger partial charge in [0.05, 0.1) is 5.70 Å². The van der Waals surface area contributed by atoms with Gasteiger partial charge in [-0.15, -0.1) is 0 Å². The standard InChI is InChI=1S/C22H19N3O2/c1-15(19-13-12-18(26)14-20(19)27)24-22(17-10-6-3-7-11-17)25-21(23)16-8-4-2-5-9-16/h2-14,26-27H,1H2,(H2,23,24,25). The third-order valence-corrected chi connectivity index (χ3v) is 3.86. The quantitative estimate of drug-likeness (QED) is 0.488. The lowest BCUT2D eigenvalue weighted by Crippen LogP contribution is -2.16. The summed E-state index contributed by atoms with van der Waals surface area (Å²) in [5.74, 6) is 0.536. The van der Waals surface area contributed by atoms with Crippen LogP contribution in [0.4, 0.5) is 0 Å². The van der Waals surface area contributed by atoms with Crippen molar-refractivity contribution in [2.45, 2.75) is 0 Å². The Morgan fingerprint density at radius 1 is 0.778 bits per heavy atom. The molecule has 0 aliphatic carbocycles. The van der Waals surface area contributed by atoms with E-state index in [1.807, 2.05) is 60.7 Å². The second-order valence-electron chi connectivity index (χ2n) is 5.81. The summed E-state index contributed by atoms with van der Waals surface area (Å²) in [6.45, 7) is 3.92. The highest BCUT2D eigenvalue weighted by atomic mass is 16.3. The third kappa shape index (κ3) is 4.41. The molecule has 0 saturated carbocycles. The van der Waals surface area contributed by atoms with Crippen molar-refractivity contribution in [2.75, 3.05) is 0 Å². The van der Waals surface area contributed by atoms with Gasteiger partial charge < -0.3 is 15.9 Å². The van der Waals surface area contributed by atoms with Crippen LogP contribution < -0.4 is 5.73 Å². The summed E-state index contributed by atoms with van der Waals surface area (Å²) in [7, 11) is 0. The van der Waals surface area contributed by atoms with Crippen LogP contribution in [-0.4, -0.2) is 21.9 Å². The first-order chi connectivity index (χ1) is 13.0. The molecule has 0 fully saturated rings. The maximum Gasteiger partial charge on any atom is 0.162 e. The summed E-state index contributed by atoms with van der Waals surface area (Å²) in [5.41, 5.74) is 8.39. The number of benzene rings is 3. The highest BCUT2D eigenvalue weighted by Gasteiger charge is 2.10. The van der Waals surface area contributed by atoms with E-state index in [2.05, 4.69) is 16.6 Å². The molecule has 0 unspecified atom stereocenters. The second kappa shape index (κ2) is 8.01. The van der Waals surface area contributed by atoms with Gasteiger partial charge in [-0.05, 0) is 12.1 Å². The minimum atomic E-state index is -0.115. The van der Waals surface area contributed by atoms with Gasteiger partial charge in [0.2, 0.25) is 0 Å². The van der Waals surface area contributed by atoms with Gasteiger partial charge in [-0.2, -0.15) is 0 Å². The van der Waals surface area contributed by atoms with Gasteiger partial charge in [0.25, 0.3) is 0 Å². The van der Waals surface area contributed by atoms with Crippen molar-refractivity contribution < 1.29 is 10.2 Å². The molecule has 27 heavy (non-hydrogen) atoms.